The SMILES string of the molecule is COc1cc(Cl)c(NC(=O)CC2COCCN2)cc1OC. The van der Waals surface area contributed by atoms with Crippen LogP contribution in [0.3, 0.4) is 0 Å². The van der Waals surface area contributed by atoms with Crippen molar-refractivity contribution in [2.24, 2.45) is 0 Å². The topological polar surface area (TPSA) is 68.8 Å². The smallest absolute Gasteiger partial charge is 0.226 e. The number of methoxy groups -OCH3 is 2. The molecule has 1 saturated heterocycles. The van der Waals surface area contributed by atoms with Gasteiger partial charge in [0.2, 0.25) is 5.91 Å². The van der Waals surface area contributed by atoms with Crippen LogP contribution in [-0.4, -0.2) is 45.9 Å². The first-order valence-electron chi connectivity index (χ1n) is 6.66. The van der Waals surface area contributed by atoms with Crippen LogP contribution in [-0.2, 0) is 9.53 Å². The number of rotatable bonds is 5. The molecule has 1 fully saturated rings. The first kappa shape index (κ1) is 15.9. The molecule has 1 aliphatic rings. The fraction of sp³-hybridized carbons (Fsp3) is 0.500. The van der Waals surface area contributed by atoms with E-state index in [0.29, 0.717) is 41.8 Å². The molecule has 1 aromatic carbocycles. The van der Waals surface area contributed by atoms with Crippen LogP contribution in [0.4, 0.5) is 5.69 Å². The third-order valence-electron chi connectivity index (χ3n) is 3.18. The zero-order valence-electron chi connectivity index (χ0n) is 12.1. The number of ether oxygens (including phenoxy) is 3. The summed E-state index contributed by atoms with van der Waals surface area (Å²) < 4.78 is 15.7. The molecular weight excluding hydrogens is 296 g/mol. The maximum absolute atomic E-state index is 12.0. The molecular formula is C14H19ClN2O4. The summed E-state index contributed by atoms with van der Waals surface area (Å²) in [5.74, 6) is 0.895. The predicted molar refractivity (Wildman–Crippen MR) is 80.4 cm³/mol. The van der Waals surface area contributed by atoms with Crippen LogP contribution < -0.4 is 20.1 Å². The highest BCUT2D eigenvalue weighted by molar-refractivity contribution is 6.34. The number of carbonyl (C=O) groups is 1. The minimum absolute atomic E-state index is 0.0256. The van der Waals surface area contributed by atoms with Gasteiger partial charge in [-0.25, -0.2) is 0 Å². The van der Waals surface area contributed by atoms with E-state index in [1.165, 1.54) is 14.2 Å². The molecule has 2 N–H and O–H groups in total. The average molecular weight is 315 g/mol. The van der Waals surface area contributed by atoms with Crippen molar-refractivity contribution in [2.75, 3.05) is 39.3 Å². The molecule has 1 aliphatic heterocycles. The fourth-order valence-corrected chi connectivity index (χ4v) is 2.33. The highest BCUT2D eigenvalue weighted by Gasteiger charge is 2.18. The van der Waals surface area contributed by atoms with E-state index in [-0.39, 0.29) is 11.9 Å². The van der Waals surface area contributed by atoms with E-state index in [0.717, 1.165) is 6.54 Å². The Morgan fingerprint density at radius 2 is 2.14 bits per heavy atom. The molecule has 0 radical (unpaired) electrons. The van der Waals surface area contributed by atoms with E-state index >= 15 is 0 Å². The molecule has 1 unspecified atom stereocenters. The quantitative estimate of drug-likeness (QED) is 0.865. The summed E-state index contributed by atoms with van der Waals surface area (Å²) in [6.07, 6.45) is 0.324. The summed E-state index contributed by atoms with van der Waals surface area (Å²) in [7, 11) is 3.06. The van der Waals surface area contributed by atoms with Crippen molar-refractivity contribution in [1.29, 1.82) is 0 Å². The molecule has 2 rings (SSSR count). The van der Waals surface area contributed by atoms with E-state index in [2.05, 4.69) is 10.6 Å². The van der Waals surface area contributed by atoms with Gasteiger partial charge in [0.1, 0.15) is 0 Å². The van der Waals surface area contributed by atoms with E-state index in [1.54, 1.807) is 12.1 Å². The molecule has 0 aliphatic carbocycles. The summed E-state index contributed by atoms with van der Waals surface area (Å²) in [4.78, 5) is 12.0. The average Bonchev–Trinajstić information content (AvgIpc) is 2.49. The number of carbonyl (C=O) groups excluding carboxylic acids is 1. The van der Waals surface area contributed by atoms with Crippen molar-refractivity contribution in [1.82, 2.24) is 5.32 Å². The number of benzene rings is 1. The lowest BCUT2D eigenvalue weighted by atomic mass is 10.2. The Bertz CT molecular complexity index is 504. The Balaban J connectivity index is 2.02. The summed E-state index contributed by atoms with van der Waals surface area (Å²) in [6, 6.07) is 3.28. The number of morpholine rings is 1. The maximum atomic E-state index is 12.0. The zero-order valence-corrected chi connectivity index (χ0v) is 12.8. The molecule has 7 heteroatoms. The van der Waals surface area contributed by atoms with E-state index in [9.17, 15) is 4.79 Å². The second kappa shape index (κ2) is 7.49. The molecule has 0 aromatic heterocycles. The molecule has 0 bridgehead atoms. The van der Waals surface area contributed by atoms with Crippen LogP contribution in [0.1, 0.15) is 6.42 Å². The van der Waals surface area contributed by atoms with Gasteiger partial charge in [0.25, 0.3) is 0 Å². The van der Waals surface area contributed by atoms with E-state index in [4.69, 9.17) is 25.8 Å². The normalized spacial score (nSPS) is 18.1. The molecule has 0 saturated carbocycles. The number of nitrogens with one attached hydrogen (secondary N) is 2. The minimum Gasteiger partial charge on any atom is -0.493 e. The molecule has 1 heterocycles. The van der Waals surface area contributed by atoms with Crippen LogP contribution in [0.2, 0.25) is 5.02 Å². The first-order chi connectivity index (χ1) is 10.1. The number of amides is 1. The number of halogens is 1. The van der Waals surface area contributed by atoms with Crippen molar-refractivity contribution in [3.8, 4) is 11.5 Å². The molecule has 21 heavy (non-hydrogen) atoms. The summed E-state index contributed by atoms with van der Waals surface area (Å²) in [6.45, 7) is 1.97. The summed E-state index contributed by atoms with van der Waals surface area (Å²) in [5, 5.41) is 6.41. The van der Waals surface area contributed by atoms with Gasteiger partial charge < -0.3 is 24.8 Å². The molecule has 1 amide bonds. The maximum Gasteiger partial charge on any atom is 0.226 e. The minimum atomic E-state index is -0.132. The van der Waals surface area contributed by atoms with Crippen molar-refractivity contribution in [2.45, 2.75) is 12.5 Å². The number of anilines is 1. The Morgan fingerprint density at radius 1 is 1.43 bits per heavy atom. The Morgan fingerprint density at radius 3 is 2.76 bits per heavy atom. The third kappa shape index (κ3) is 4.23. The van der Waals surface area contributed by atoms with Crippen LogP contribution in [0.15, 0.2) is 12.1 Å². The van der Waals surface area contributed by atoms with Gasteiger partial charge in [-0.2, -0.15) is 0 Å². The lowest BCUT2D eigenvalue weighted by molar-refractivity contribution is -0.117. The Labute approximate surface area is 128 Å². The Hall–Kier alpha value is -1.50. The van der Waals surface area contributed by atoms with E-state index < -0.39 is 0 Å². The van der Waals surface area contributed by atoms with Gasteiger partial charge >= 0.3 is 0 Å². The molecule has 6 nitrogen and oxygen atoms in total. The van der Waals surface area contributed by atoms with Crippen LogP contribution >= 0.6 is 11.6 Å². The van der Waals surface area contributed by atoms with Gasteiger partial charge in [0.05, 0.1) is 38.1 Å². The van der Waals surface area contributed by atoms with E-state index in [1.807, 2.05) is 0 Å². The summed E-state index contributed by atoms with van der Waals surface area (Å²) in [5.41, 5.74) is 0.496. The fourth-order valence-electron chi connectivity index (χ4n) is 2.13. The van der Waals surface area contributed by atoms with Gasteiger partial charge in [-0.15, -0.1) is 0 Å². The van der Waals surface area contributed by atoms with Gasteiger partial charge in [-0.1, -0.05) is 11.6 Å². The van der Waals surface area contributed by atoms with Crippen molar-refractivity contribution in [3.63, 3.8) is 0 Å². The molecule has 1 atom stereocenters. The number of hydrogen-bond donors (Lipinski definition) is 2. The highest BCUT2D eigenvalue weighted by Crippen LogP contribution is 2.36. The first-order valence-corrected chi connectivity index (χ1v) is 7.04. The van der Waals surface area contributed by atoms with Crippen molar-refractivity contribution < 1.29 is 19.0 Å². The second-order valence-electron chi connectivity index (χ2n) is 4.67. The third-order valence-corrected chi connectivity index (χ3v) is 3.49. The second-order valence-corrected chi connectivity index (χ2v) is 5.07. The molecule has 116 valence electrons. The standard InChI is InChI=1S/C14H19ClN2O4/c1-19-12-6-10(15)11(7-13(12)20-2)17-14(18)5-9-8-21-4-3-16-9/h6-7,9,16H,3-5,8H2,1-2H3,(H,17,18). The largest absolute Gasteiger partial charge is 0.493 e. The molecule has 1 aromatic rings. The number of hydrogen-bond acceptors (Lipinski definition) is 5. The lowest BCUT2D eigenvalue weighted by Crippen LogP contribution is -2.43. The Kier molecular flexibility index (Phi) is 5.67. The van der Waals surface area contributed by atoms with Gasteiger partial charge in [0, 0.05) is 31.1 Å². The van der Waals surface area contributed by atoms with Crippen LogP contribution in [0.5, 0.6) is 11.5 Å². The van der Waals surface area contributed by atoms with Crippen LogP contribution in [0, 0.1) is 0 Å². The van der Waals surface area contributed by atoms with Gasteiger partial charge in [0.15, 0.2) is 11.5 Å². The lowest BCUT2D eigenvalue weighted by Gasteiger charge is -2.23. The van der Waals surface area contributed by atoms with Gasteiger partial charge in [-0.05, 0) is 0 Å². The predicted octanol–water partition coefficient (Wildman–Crippen LogP) is 1.67. The zero-order chi connectivity index (χ0) is 15.2. The van der Waals surface area contributed by atoms with Gasteiger partial charge in [-0.3, -0.25) is 4.79 Å². The van der Waals surface area contributed by atoms with Crippen molar-refractivity contribution >= 4 is 23.2 Å². The van der Waals surface area contributed by atoms with Crippen molar-refractivity contribution in [3.05, 3.63) is 17.2 Å². The molecule has 0 spiro atoms. The monoisotopic (exact) mass is 314 g/mol. The van der Waals surface area contributed by atoms with Crippen LogP contribution in [0.25, 0.3) is 0 Å². The highest BCUT2D eigenvalue weighted by atomic mass is 35.5. The summed E-state index contributed by atoms with van der Waals surface area (Å²) >= 11 is 6.13.